The van der Waals surface area contributed by atoms with Crippen molar-refractivity contribution in [2.24, 2.45) is 0 Å². The van der Waals surface area contributed by atoms with Crippen molar-refractivity contribution in [2.45, 2.75) is 60.3 Å². The maximum absolute atomic E-state index is 3.99. The summed E-state index contributed by atoms with van der Waals surface area (Å²) in [6.45, 7) is 26.6. The Morgan fingerprint density at radius 1 is 0.921 bits per heavy atom. The quantitative estimate of drug-likeness (QED) is 0.357. The highest BCUT2D eigenvalue weighted by Gasteiger charge is 2.24. The minimum Gasteiger partial charge on any atom is -0.373 e. The molecule has 0 aromatic heterocycles. The molecule has 1 saturated heterocycles. The van der Waals surface area contributed by atoms with Gasteiger partial charge in [-0.3, -0.25) is 4.90 Å². The van der Waals surface area contributed by atoms with Gasteiger partial charge in [0.2, 0.25) is 0 Å². The lowest BCUT2D eigenvalue weighted by Crippen LogP contribution is -2.45. The van der Waals surface area contributed by atoms with Crippen LogP contribution < -0.4 is 0 Å². The third-order valence-corrected chi connectivity index (χ3v) is 7.32. The fraction of sp³-hybridized carbons (Fsp3) is 0.389. The Kier molecular flexibility index (Phi) is 13.7. The van der Waals surface area contributed by atoms with Crippen molar-refractivity contribution in [3.8, 4) is 0 Å². The molecule has 2 aromatic carbocycles. The molecule has 0 bridgehead atoms. The van der Waals surface area contributed by atoms with Crippen LogP contribution in [0.2, 0.25) is 0 Å². The van der Waals surface area contributed by atoms with Crippen molar-refractivity contribution in [3.63, 3.8) is 0 Å². The van der Waals surface area contributed by atoms with E-state index >= 15 is 0 Å². The van der Waals surface area contributed by atoms with E-state index < -0.39 is 0 Å². The topological polar surface area (TPSA) is 6.48 Å². The molecule has 2 aliphatic rings. The molecule has 204 valence electrons. The minimum atomic E-state index is 0.448. The predicted molar refractivity (Wildman–Crippen MR) is 170 cm³/mol. The number of allylic oxidation sites excluding steroid dienone is 8. The van der Waals surface area contributed by atoms with Crippen LogP contribution in [0.3, 0.4) is 0 Å². The van der Waals surface area contributed by atoms with E-state index in [1.807, 2.05) is 44.2 Å². The highest BCUT2D eigenvalue weighted by Crippen LogP contribution is 2.42. The van der Waals surface area contributed by atoms with Gasteiger partial charge in [-0.1, -0.05) is 105 Å². The van der Waals surface area contributed by atoms with Gasteiger partial charge in [-0.2, -0.15) is 0 Å². The van der Waals surface area contributed by atoms with Gasteiger partial charge in [0.15, 0.2) is 0 Å². The summed E-state index contributed by atoms with van der Waals surface area (Å²) in [4.78, 5) is 4.89. The smallest absolute Gasteiger partial charge is 0.0303 e. The highest BCUT2D eigenvalue weighted by atomic mass is 15.3. The molecule has 1 atom stereocenters. The standard InChI is InChI=1S/C20H20.C10H20N2.C6H10/c1-4-16-13-20(17-11-9-14(2)10-12-17)19-8-6-5-7-18(19)15(16)3;1-4-5-11-6-8-12(9-7-11)10(2)3;1-3-5-6-4-2/h4-12,20H,1,13H2,2-3H3;2,4-9H2,1,3H3;3-6H,1-2H3/b;;5-3-,6-4-. The van der Waals surface area contributed by atoms with Gasteiger partial charge in [0, 0.05) is 37.8 Å². The molecule has 1 heterocycles. The second kappa shape index (κ2) is 16.7. The van der Waals surface area contributed by atoms with Crippen LogP contribution in [0.5, 0.6) is 0 Å². The van der Waals surface area contributed by atoms with Crippen LogP contribution in [0.4, 0.5) is 0 Å². The van der Waals surface area contributed by atoms with E-state index in [0.717, 1.165) is 19.5 Å². The van der Waals surface area contributed by atoms with Crippen LogP contribution in [0.1, 0.15) is 75.6 Å². The number of rotatable bonds is 6. The van der Waals surface area contributed by atoms with E-state index in [4.69, 9.17) is 0 Å². The Balaban J connectivity index is 0.000000239. The number of fused-ring (bicyclic) bond motifs is 1. The Morgan fingerprint density at radius 2 is 1.53 bits per heavy atom. The van der Waals surface area contributed by atoms with Crippen molar-refractivity contribution in [1.82, 2.24) is 9.80 Å². The molecular formula is C36H50N2. The predicted octanol–water partition coefficient (Wildman–Crippen LogP) is 9.18. The summed E-state index contributed by atoms with van der Waals surface area (Å²) in [5.41, 5.74) is 9.49. The molecule has 38 heavy (non-hydrogen) atoms. The van der Waals surface area contributed by atoms with E-state index in [-0.39, 0.29) is 0 Å². The van der Waals surface area contributed by atoms with Crippen molar-refractivity contribution >= 4 is 5.57 Å². The zero-order chi connectivity index (χ0) is 27.9. The Morgan fingerprint density at radius 3 is 2.05 bits per heavy atom. The largest absolute Gasteiger partial charge is 0.373 e. The molecule has 1 aliphatic carbocycles. The molecule has 2 heteroatoms. The Labute approximate surface area is 233 Å². The summed E-state index contributed by atoms with van der Waals surface area (Å²) in [5.74, 6) is 0.448. The van der Waals surface area contributed by atoms with Crippen LogP contribution >= 0.6 is 0 Å². The molecule has 1 unspecified atom stereocenters. The van der Waals surface area contributed by atoms with Gasteiger partial charge in [0.25, 0.3) is 0 Å². The third kappa shape index (κ3) is 9.33. The van der Waals surface area contributed by atoms with Gasteiger partial charge in [0.05, 0.1) is 0 Å². The molecule has 2 aromatic rings. The average molecular weight is 511 g/mol. The van der Waals surface area contributed by atoms with Crippen molar-refractivity contribution in [2.75, 3.05) is 32.7 Å². The first-order valence-electron chi connectivity index (χ1n) is 14.2. The van der Waals surface area contributed by atoms with Crippen molar-refractivity contribution in [3.05, 3.63) is 126 Å². The number of hydrogen-bond acceptors (Lipinski definition) is 2. The zero-order valence-corrected chi connectivity index (χ0v) is 24.8. The monoisotopic (exact) mass is 510 g/mol. The lowest BCUT2D eigenvalue weighted by Gasteiger charge is -2.36. The van der Waals surface area contributed by atoms with Crippen LogP contribution in [0, 0.1) is 6.92 Å². The number of nitrogens with zero attached hydrogens (tertiary/aromatic N) is 2. The van der Waals surface area contributed by atoms with Crippen LogP contribution in [-0.2, 0) is 0 Å². The second-order valence-corrected chi connectivity index (χ2v) is 10.2. The van der Waals surface area contributed by atoms with Crippen LogP contribution in [0.25, 0.3) is 5.57 Å². The van der Waals surface area contributed by atoms with Crippen LogP contribution in [-0.4, -0.2) is 42.5 Å². The number of piperazine rings is 1. The maximum Gasteiger partial charge on any atom is 0.0303 e. The Bertz CT molecular complexity index is 1080. The normalized spacial score (nSPS) is 17.4. The lowest BCUT2D eigenvalue weighted by atomic mass is 9.76. The first-order chi connectivity index (χ1) is 18.4. The maximum atomic E-state index is 3.99. The van der Waals surface area contributed by atoms with Gasteiger partial charge in [-0.15, -0.1) is 0 Å². The molecule has 1 aliphatic heterocycles. The van der Waals surface area contributed by atoms with E-state index in [0.29, 0.717) is 5.92 Å². The molecule has 0 radical (unpaired) electrons. The average Bonchev–Trinajstić information content (AvgIpc) is 2.94. The highest BCUT2D eigenvalue weighted by molar-refractivity contribution is 5.75. The lowest BCUT2D eigenvalue weighted by molar-refractivity contribution is 0.160. The van der Waals surface area contributed by atoms with Gasteiger partial charge in [-0.25, -0.2) is 0 Å². The molecule has 4 rings (SSSR count). The Hall–Kier alpha value is -3.10. The molecule has 0 saturated carbocycles. The summed E-state index contributed by atoms with van der Waals surface area (Å²) in [7, 11) is 0. The summed E-state index contributed by atoms with van der Waals surface area (Å²) in [5, 5.41) is 0. The van der Waals surface area contributed by atoms with Gasteiger partial charge >= 0.3 is 0 Å². The van der Waals surface area contributed by atoms with Gasteiger partial charge < -0.3 is 4.90 Å². The van der Waals surface area contributed by atoms with E-state index in [9.17, 15) is 0 Å². The molecule has 0 N–H and O–H groups in total. The molecule has 1 fully saturated rings. The first kappa shape index (κ1) is 31.1. The summed E-state index contributed by atoms with van der Waals surface area (Å²) >= 11 is 0. The van der Waals surface area contributed by atoms with Crippen molar-refractivity contribution in [1.29, 1.82) is 0 Å². The van der Waals surface area contributed by atoms with Gasteiger partial charge in [-0.05, 0) is 81.8 Å². The van der Waals surface area contributed by atoms with E-state index in [1.165, 1.54) is 65.2 Å². The summed E-state index contributed by atoms with van der Waals surface area (Å²) in [6, 6.07) is 17.7. The fourth-order valence-corrected chi connectivity index (χ4v) is 5.02. The van der Waals surface area contributed by atoms with E-state index in [2.05, 4.69) is 99.2 Å². The SMILES string of the molecule is C/C=C\C=C/C.C=C(C)N1CCN(CCC)CC1.C=CC1=C(C)c2ccccc2C(c2ccc(C)cc2)C1. The fourth-order valence-electron chi connectivity index (χ4n) is 5.02. The zero-order valence-electron chi connectivity index (χ0n) is 24.8. The number of hydrogen-bond donors (Lipinski definition) is 0. The second-order valence-electron chi connectivity index (χ2n) is 10.2. The summed E-state index contributed by atoms with van der Waals surface area (Å²) < 4.78 is 0. The minimum absolute atomic E-state index is 0.448. The van der Waals surface area contributed by atoms with E-state index in [1.54, 1.807) is 0 Å². The van der Waals surface area contributed by atoms with Crippen molar-refractivity contribution < 1.29 is 0 Å². The molecular weight excluding hydrogens is 460 g/mol. The van der Waals surface area contributed by atoms with Crippen LogP contribution in [0.15, 0.2) is 103 Å². The molecule has 0 spiro atoms. The van der Waals surface area contributed by atoms with Gasteiger partial charge in [0.1, 0.15) is 0 Å². The number of benzene rings is 2. The summed E-state index contributed by atoms with van der Waals surface area (Å²) in [6.07, 6.45) is 12.3. The molecule has 0 amide bonds. The number of aryl methyl sites for hydroxylation is 1. The molecule has 2 nitrogen and oxygen atoms in total. The third-order valence-electron chi connectivity index (χ3n) is 7.32. The first-order valence-corrected chi connectivity index (χ1v) is 14.2.